The molecule has 2 aliphatic rings. The molecule has 160 valence electrons. The fourth-order valence-corrected chi connectivity index (χ4v) is 4.30. The summed E-state index contributed by atoms with van der Waals surface area (Å²) in [6.45, 7) is 1.76. The van der Waals surface area contributed by atoms with Crippen LogP contribution in [0.1, 0.15) is 18.4 Å². The lowest BCUT2D eigenvalue weighted by atomic mass is 10.0. The molecule has 2 N–H and O–H groups in total. The molecule has 0 radical (unpaired) electrons. The Bertz CT molecular complexity index is 1260. The van der Waals surface area contributed by atoms with Crippen LogP contribution in [-0.2, 0) is 4.79 Å². The van der Waals surface area contributed by atoms with Gasteiger partial charge < -0.3 is 10.6 Å². The highest BCUT2D eigenvalue weighted by atomic mass is 79.9. The van der Waals surface area contributed by atoms with Crippen LogP contribution in [0.2, 0.25) is 0 Å². The van der Waals surface area contributed by atoms with Crippen molar-refractivity contribution >= 4 is 49.9 Å². The first kappa shape index (κ1) is 20.7. The zero-order chi connectivity index (χ0) is 22.0. The summed E-state index contributed by atoms with van der Waals surface area (Å²) in [5.74, 6) is -0.230. The standard InChI is InChI=1S/C25H22BrN5O/c26-19-7-5-17(6-8-19)24-22(30-25(31-24)11-13-27-14-12-25)9-10-23(32)29-20-15-18-3-1-2-4-21(18)28-16-20/h1-10,15-16,27H,11-14H2,(H,29,32)/b10-9+. The number of piperidine rings is 1. The van der Waals surface area contributed by atoms with Crippen LogP contribution in [0.25, 0.3) is 10.9 Å². The molecule has 1 saturated heterocycles. The summed E-state index contributed by atoms with van der Waals surface area (Å²) in [6.07, 6.45) is 6.64. The molecule has 1 fully saturated rings. The predicted octanol–water partition coefficient (Wildman–Crippen LogP) is 4.52. The highest BCUT2D eigenvalue weighted by Crippen LogP contribution is 2.31. The number of para-hydroxylation sites is 1. The molecule has 0 aliphatic carbocycles. The highest BCUT2D eigenvalue weighted by molar-refractivity contribution is 9.10. The summed E-state index contributed by atoms with van der Waals surface area (Å²) in [6, 6.07) is 17.8. The van der Waals surface area contributed by atoms with Gasteiger partial charge >= 0.3 is 0 Å². The Balaban J connectivity index is 1.38. The largest absolute Gasteiger partial charge is 0.321 e. The molecule has 1 spiro atoms. The van der Waals surface area contributed by atoms with Gasteiger partial charge in [0.2, 0.25) is 5.91 Å². The van der Waals surface area contributed by atoms with E-state index in [-0.39, 0.29) is 5.91 Å². The number of benzene rings is 2. The minimum Gasteiger partial charge on any atom is -0.321 e. The maximum Gasteiger partial charge on any atom is 0.248 e. The van der Waals surface area contributed by atoms with Gasteiger partial charge in [0.15, 0.2) is 5.66 Å². The van der Waals surface area contributed by atoms with Crippen molar-refractivity contribution in [1.82, 2.24) is 10.3 Å². The van der Waals surface area contributed by atoms with Gasteiger partial charge in [0, 0.05) is 34.3 Å². The summed E-state index contributed by atoms with van der Waals surface area (Å²) in [5.41, 5.74) is 3.67. The third-order valence-electron chi connectivity index (χ3n) is 5.66. The van der Waals surface area contributed by atoms with Gasteiger partial charge in [0.25, 0.3) is 0 Å². The number of amides is 1. The van der Waals surface area contributed by atoms with Crippen LogP contribution in [0.5, 0.6) is 0 Å². The zero-order valence-electron chi connectivity index (χ0n) is 17.4. The number of nitrogens with one attached hydrogen (secondary N) is 2. The van der Waals surface area contributed by atoms with Gasteiger partial charge in [-0.05, 0) is 43.4 Å². The first-order valence-electron chi connectivity index (χ1n) is 10.6. The second kappa shape index (κ2) is 8.76. The molecule has 32 heavy (non-hydrogen) atoms. The number of hydrogen-bond acceptors (Lipinski definition) is 5. The first-order valence-corrected chi connectivity index (χ1v) is 11.4. The lowest BCUT2D eigenvalue weighted by Crippen LogP contribution is -2.38. The van der Waals surface area contributed by atoms with Gasteiger partial charge in [0.05, 0.1) is 28.8 Å². The fourth-order valence-electron chi connectivity index (χ4n) is 4.03. The maximum absolute atomic E-state index is 12.6. The number of fused-ring (bicyclic) bond motifs is 1. The SMILES string of the molecule is O=C(/C=C/C1=NC2(CCNCC2)N=C1c1ccc(Br)cc1)Nc1cnc2ccccc2c1. The Kier molecular flexibility index (Phi) is 5.68. The topological polar surface area (TPSA) is 78.7 Å². The van der Waals surface area contributed by atoms with Gasteiger partial charge in [0.1, 0.15) is 0 Å². The molecule has 3 heterocycles. The van der Waals surface area contributed by atoms with E-state index in [1.165, 1.54) is 6.08 Å². The summed E-state index contributed by atoms with van der Waals surface area (Å²) in [7, 11) is 0. The summed E-state index contributed by atoms with van der Waals surface area (Å²) in [5, 5.41) is 7.24. The van der Waals surface area contributed by atoms with Gasteiger partial charge in [-0.2, -0.15) is 0 Å². The molecule has 0 bridgehead atoms. The molecule has 2 aliphatic heterocycles. The molecule has 2 aromatic carbocycles. The van der Waals surface area contributed by atoms with Crippen LogP contribution in [0, 0.1) is 0 Å². The lowest BCUT2D eigenvalue weighted by molar-refractivity contribution is -0.111. The van der Waals surface area contributed by atoms with Crippen LogP contribution in [0.4, 0.5) is 5.69 Å². The van der Waals surface area contributed by atoms with E-state index in [2.05, 4.69) is 31.5 Å². The van der Waals surface area contributed by atoms with Crippen molar-refractivity contribution in [3.05, 3.63) is 83.0 Å². The zero-order valence-corrected chi connectivity index (χ0v) is 19.0. The van der Waals surface area contributed by atoms with E-state index in [9.17, 15) is 4.79 Å². The molecule has 1 amide bonds. The average molecular weight is 488 g/mol. The van der Waals surface area contributed by atoms with E-state index >= 15 is 0 Å². The Morgan fingerprint density at radius 2 is 1.84 bits per heavy atom. The van der Waals surface area contributed by atoms with E-state index in [1.807, 2.05) is 54.6 Å². The maximum atomic E-state index is 12.6. The highest BCUT2D eigenvalue weighted by Gasteiger charge is 2.36. The number of anilines is 1. The Labute approximate surface area is 194 Å². The third kappa shape index (κ3) is 4.40. The van der Waals surface area contributed by atoms with Crippen LogP contribution in [-0.4, -0.2) is 41.1 Å². The number of carbonyl (C=O) groups excluding carboxylic acids is 1. The van der Waals surface area contributed by atoms with Gasteiger partial charge in [-0.1, -0.05) is 46.3 Å². The number of aromatic nitrogens is 1. The number of pyridine rings is 1. The quantitative estimate of drug-likeness (QED) is 0.531. The number of aliphatic imine (C=N–C) groups is 2. The second-order valence-corrected chi connectivity index (χ2v) is 8.85. The molecule has 0 saturated carbocycles. The monoisotopic (exact) mass is 487 g/mol. The second-order valence-electron chi connectivity index (χ2n) is 7.94. The van der Waals surface area contributed by atoms with Crippen molar-refractivity contribution in [2.45, 2.75) is 18.5 Å². The van der Waals surface area contributed by atoms with E-state index in [0.717, 1.165) is 58.3 Å². The average Bonchev–Trinajstić information content (AvgIpc) is 3.16. The Hall–Kier alpha value is -3.16. The Morgan fingerprint density at radius 3 is 2.66 bits per heavy atom. The molecule has 1 aromatic heterocycles. The molecule has 7 heteroatoms. The minimum absolute atomic E-state index is 0.230. The van der Waals surface area contributed by atoms with Crippen molar-refractivity contribution in [2.75, 3.05) is 18.4 Å². The minimum atomic E-state index is -0.438. The predicted molar refractivity (Wildman–Crippen MR) is 132 cm³/mol. The van der Waals surface area contributed by atoms with E-state index in [0.29, 0.717) is 5.69 Å². The number of rotatable bonds is 4. The number of halogens is 1. The Morgan fingerprint density at radius 1 is 1.06 bits per heavy atom. The summed E-state index contributed by atoms with van der Waals surface area (Å²) in [4.78, 5) is 27.0. The molecular weight excluding hydrogens is 466 g/mol. The molecule has 0 unspecified atom stereocenters. The van der Waals surface area contributed by atoms with Crippen LogP contribution >= 0.6 is 15.9 Å². The van der Waals surface area contributed by atoms with Crippen molar-refractivity contribution in [1.29, 1.82) is 0 Å². The fraction of sp³-hybridized carbons (Fsp3) is 0.200. The molecule has 5 rings (SSSR count). The van der Waals surface area contributed by atoms with Crippen LogP contribution < -0.4 is 10.6 Å². The van der Waals surface area contributed by atoms with Crippen molar-refractivity contribution in [3.8, 4) is 0 Å². The van der Waals surface area contributed by atoms with Crippen molar-refractivity contribution in [2.24, 2.45) is 9.98 Å². The lowest BCUT2D eigenvalue weighted by Gasteiger charge is -2.28. The van der Waals surface area contributed by atoms with Crippen LogP contribution in [0.3, 0.4) is 0 Å². The first-order chi connectivity index (χ1) is 15.6. The summed E-state index contributed by atoms with van der Waals surface area (Å²) < 4.78 is 1.01. The van der Waals surface area contributed by atoms with E-state index < -0.39 is 5.66 Å². The van der Waals surface area contributed by atoms with Crippen molar-refractivity contribution < 1.29 is 4.79 Å². The number of hydrogen-bond donors (Lipinski definition) is 2. The number of carbonyl (C=O) groups is 1. The number of nitrogens with zero attached hydrogens (tertiary/aromatic N) is 3. The van der Waals surface area contributed by atoms with Crippen LogP contribution in [0.15, 0.2) is 87.4 Å². The third-order valence-corrected chi connectivity index (χ3v) is 6.19. The molecule has 3 aromatic rings. The van der Waals surface area contributed by atoms with E-state index in [4.69, 9.17) is 9.98 Å². The molecule has 0 atom stereocenters. The van der Waals surface area contributed by atoms with Gasteiger partial charge in [-0.25, -0.2) is 0 Å². The van der Waals surface area contributed by atoms with Gasteiger partial charge in [-0.3, -0.25) is 19.8 Å². The van der Waals surface area contributed by atoms with Gasteiger partial charge in [-0.15, -0.1) is 0 Å². The summed E-state index contributed by atoms with van der Waals surface area (Å²) >= 11 is 3.49. The number of allylic oxidation sites excluding steroid dienone is 1. The normalized spacial score (nSPS) is 17.5. The molecular formula is C25H22BrN5O. The van der Waals surface area contributed by atoms with E-state index in [1.54, 1.807) is 12.3 Å². The van der Waals surface area contributed by atoms with Crippen molar-refractivity contribution in [3.63, 3.8) is 0 Å². The smallest absolute Gasteiger partial charge is 0.248 e. The molecule has 6 nitrogen and oxygen atoms in total.